The lowest BCUT2D eigenvalue weighted by molar-refractivity contribution is 0.0836. The normalized spacial score (nSPS) is 30.5. The molecule has 2 N–H and O–H groups in total. The Morgan fingerprint density at radius 2 is 2.33 bits per heavy atom. The Kier molecular flexibility index (Phi) is 4.02. The van der Waals surface area contributed by atoms with Gasteiger partial charge in [-0.05, 0) is 25.8 Å². The number of aliphatic hydroxyl groups excluding tert-OH is 1. The van der Waals surface area contributed by atoms with Crippen LogP contribution in [0.3, 0.4) is 0 Å². The van der Waals surface area contributed by atoms with Crippen LogP contribution in [0.15, 0.2) is 0 Å². The van der Waals surface area contributed by atoms with Gasteiger partial charge in [-0.25, -0.2) is 0 Å². The van der Waals surface area contributed by atoms with Crippen LogP contribution in [0.1, 0.15) is 39.0 Å². The summed E-state index contributed by atoms with van der Waals surface area (Å²) in [6.45, 7) is 4.72. The van der Waals surface area contributed by atoms with Gasteiger partial charge in [0, 0.05) is 18.6 Å². The maximum absolute atomic E-state index is 9.33. The van der Waals surface area contributed by atoms with Crippen LogP contribution in [-0.2, 0) is 0 Å². The molecule has 0 aromatic rings. The summed E-state index contributed by atoms with van der Waals surface area (Å²) >= 11 is 0. The molecule has 0 amide bonds. The second kappa shape index (κ2) is 4.83. The van der Waals surface area contributed by atoms with Crippen molar-refractivity contribution >= 4 is 0 Å². The van der Waals surface area contributed by atoms with Gasteiger partial charge in [-0.2, -0.15) is 0 Å². The van der Waals surface area contributed by atoms with Crippen LogP contribution in [0.4, 0.5) is 0 Å². The molecule has 2 heteroatoms. The van der Waals surface area contributed by atoms with E-state index in [0.29, 0.717) is 6.61 Å². The molecule has 0 bridgehead atoms. The fourth-order valence-electron chi connectivity index (χ4n) is 2.01. The van der Waals surface area contributed by atoms with Crippen molar-refractivity contribution in [2.45, 2.75) is 39.0 Å². The van der Waals surface area contributed by atoms with Gasteiger partial charge in [-0.1, -0.05) is 19.8 Å². The van der Waals surface area contributed by atoms with E-state index in [1.54, 1.807) is 0 Å². The summed E-state index contributed by atoms with van der Waals surface area (Å²) in [6, 6.07) is 0. The van der Waals surface area contributed by atoms with Crippen LogP contribution in [0.2, 0.25) is 0 Å². The highest BCUT2D eigenvalue weighted by Gasteiger charge is 2.30. The molecule has 12 heavy (non-hydrogen) atoms. The number of nitrogens with one attached hydrogen (secondary N) is 1. The molecule has 1 aliphatic heterocycles. The van der Waals surface area contributed by atoms with E-state index >= 15 is 0 Å². The second-order valence-electron chi connectivity index (χ2n) is 4.04. The number of rotatable bonds is 4. The van der Waals surface area contributed by atoms with E-state index in [0.717, 1.165) is 13.1 Å². The highest BCUT2D eigenvalue weighted by molar-refractivity contribution is 4.84. The first-order valence-corrected chi connectivity index (χ1v) is 5.14. The first-order chi connectivity index (χ1) is 5.83. The molecular weight excluding hydrogens is 150 g/mol. The molecule has 0 radical (unpaired) electrons. The predicted molar refractivity (Wildman–Crippen MR) is 51.1 cm³/mol. The van der Waals surface area contributed by atoms with Gasteiger partial charge in [0.2, 0.25) is 0 Å². The van der Waals surface area contributed by atoms with E-state index in [9.17, 15) is 5.11 Å². The minimum atomic E-state index is 0.217. The third-order valence-corrected chi connectivity index (χ3v) is 2.96. The van der Waals surface area contributed by atoms with Crippen LogP contribution < -0.4 is 5.32 Å². The first-order valence-electron chi connectivity index (χ1n) is 5.14. The van der Waals surface area contributed by atoms with Gasteiger partial charge < -0.3 is 10.4 Å². The summed E-state index contributed by atoms with van der Waals surface area (Å²) in [4.78, 5) is 0. The molecule has 1 unspecified atom stereocenters. The molecule has 1 atom stereocenters. The number of aliphatic hydroxyl groups is 1. The van der Waals surface area contributed by atoms with Gasteiger partial charge in [0.05, 0.1) is 0 Å². The van der Waals surface area contributed by atoms with Crippen LogP contribution >= 0.6 is 0 Å². The average Bonchev–Trinajstić information content (AvgIpc) is 2.16. The minimum absolute atomic E-state index is 0.217. The first kappa shape index (κ1) is 10.0. The Morgan fingerprint density at radius 1 is 1.50 bits per heavy atom. The predicted octanol–water partition coefficient (Wildman–Crippen LogP) is 1.54. The standard InChI is InChI=1S/C10H21NO/c1-2-3-5-10(9-12)6-4-7-11-8-10/h11-12H,2-9H2,1H3. The molecular formula is C10H21NO. The Hall–Kier alpha value is -0.0800. The number of piperidine rings is 1. The third kappa shape index (κ3) is 2.46. The monoisotopic (exact) mass is 171 g/mol. The highest BCUT2D eigenvalue weighted by Crippen LogP contribution is 2.31. The molecule has 1 fully saturated rings. The Bertz CT molecular complexity index is 119. The zero-order valence-electron chi connectivity index (χ0n) is 8.10. The van der Waals surface area contributed by atoms with Crippen molar-refractivity contribution in [1.29, 1.82) is 0 Å². The lowest BCUT2D eigenvalue weighted by Crippen LogP contribution is -2.42. The van der Waals surface area contributed by atoms with Crippen molar-refractivity contribution in [2.75, 3.05) is 19.7 Å². The Labute approximate surface area is 75.4 Å². The van der Waals surface area contributed by atoms with Crippen LogP contribution in [-0.4, -0.2) is 24.8 Å². The smallest absolute Gasteiger partial charge is 0.0499 e. The molecule has 1 rings (SSSR count). The van der Waals surface area contributed by atoms with Crippen molar-refractivity contribution < 1.29 is 5.11 Å². The largest absolute Gasteiger partial charge is 0.396 e. The molecule has 72 valence electrons. The van der Waals surface area contributed by atoms with Gasteiger partial charge in [-0.15, -0.1) is 0 Å². The molecule has 0 aliphatic carbocycles. The van der Waals surface area contributed by atoms with Gasteiger partial charge in [0.25, 0.3) is 0 Å². The number of unbranched alkanes of at least 4 members (excludes halogenated alkanes) is 1. The van der Waals surface area contributed by atoms with E-state index in [4.69, 9.17) is 0 Å². The Morgan fingerprint density at radius 3 is 2.83 bits per heavy atom. The van der Waals surface area contributed by atoms with Gasteiger partial charge >= 0.3 is 0 Å². The summed E-state index contributed by atoms with van der Waals surface area (Å²) in [5, 5.41) is 12.7. The Balaban J connectivity index is 2.37. The molecule has 0 spiro atoms. The van der Waals surface area contributed by atoms with Crippen LogP contribution in [0.25, 0.3) is 0 Å². The fraction of sp³-hybridized carbons (Fsp3) is 1.00. The molecule has 1 aliphatic rings. The molecule has 0 aromatic carbocycles. The van der Waals surface area contributed by atoms with Crippen molar-refractivity contribution in [1.82, 2.24) is 5.32 Å². The molecule has 1 heterocycles. The summed E-state index contributed by atoms with van der Waals surface area (Å²) in [5.41, 5.74) is 0.217. The minimum Gasteiger partial charge on any atom is -0.396 e. The summed E-state index contributed by atoms with van der Waals surface area (Å²) < 4.78 is 0. The van der Waals surface area contributed by atoms with E-state index < -0.39 is 0 Å². The molecule has 1 saturated heterocycles. The lowest BCUT2D eigenvalue weighted by Gasteiger charge is -2.36. The summed E-state index contributed by atoms with van der Waals surface area (Å²) in [6.07, 6.45) is 6.11. The number of hydrogen-bond donors (Lipinski definition) is 2. The van der Waals surface area contributed by atoms with Crippen molar-refractivity contribution in [3.8, 4) is 0 Å². The SMILES string of the molecule is CCCCC1(CO)CCCNC1. The lowest BCUT2D eigenvalue weighted by atomic mass is 9.77. The third-order valence-electron chi connectivity index (χ3n) is 2.96. The highest BCUT2D eigenvalue weighted by atomic mass is 16.3. The van der Waals surface area contributed by atoms with Crippen LogP contribution in [0.5, 0.6) is 0 Å². The fourth-order valence-corrected chi connectivity index (χ4v) is 2.01. The average molecular weight is 171 g/mol. The summed E-state index contributed by atoms with van der Waals surface area (Å²) in [7, 11) is 0. The van der Waals surface area contributed by atoms with Crippen molar-refractivity contribution in [3.63, 3.8) is 0 Å². The van der Waals surface area contributed by atoms with Gasteiger partial charge in [-0.3, -0.25) is 0 Å². The second-order valence-corrected chi connectivity index (χ2v) is 4.04. The van der Waals surface area contributed by atoms with Gasteiger partial charge in [0.1, 0.15) is 0 Å². The van der Waals surface area contributed by atoms with E-state index in [-0.39, 0.29) is 5.41 Å². The van der Waals surface area contributed by atoms with E-state index in [1.165, 1.54) is 32.1 Å². The quantitative estimate of drug-likeness (QED) is 0.672. The zero-order valence-corrected chi connectivity index (χ0v) is 8.10. The van der Waals surface area contributed by atoms with Crippen LogP contribution in [0, 0.1) is 5.41 Å². The topological polar surface area (TPSA) is 32.3 Å². The molecule has 2 nitrogen and oxygen atoms in total. The molecule has 0 aromatic heterocycles. The maximum atomic E-state index is 9.33. The van der Waals surface area contributed by atoms with E-state index in [1.807, 2.05) is 0 Å². The summed E-state index contributed by atoms with van der Waals surface area (Å²) in [5.74, 6) is 0. The van der Waals surface area contributed by atoms with Crippen molar-refractivity contribution in [2.24, 2.45) is 5.41 Å². The molecule has 0 saturated carbocycles. The van der Waals surface area contributed by atoms with Crippen molar-refractivity contribution in [3.05, 3.63) is 0 Å². The maximum Gasteiger partial charge on any atom is 0.0499 e. The van der Waals surface area contributed by atoms with Gasteiger partial charge in [0.15, 0.2) is 0 Å². The zero-order chi connectivity index (χ0) is 8.86. The van der Waals surface area contributed by atoms with E-state index in [2.05, 4.69) is 12.2 Å². The number of hydrogen-bond acceptors (Lipinski definition) is 2.